The van der Waals surface area contributed by atoms with Gasteiger partial charge < -0.3 is 10.6 Å². The fourth-order valence-corrected chi connectivity index (χ4v) is 3.04. The number of carbonyl (C=O) groups excluding carboxylic acids is 4. The van der Waals surface area contributed by atoms with Crippen molar-refractivity contribution in [2.75, 3.05) is 13.1 Å². The van der Waals surface area contributed by atoms with Gasteiger partial charge in [0, 0.05) is 31.7 Å². The van der Waals surface area contributed by atoms with E-state index >= 15 is 0 Å². The van der Waals surface area contributed by atoms with Crippen molar-refractivity contribution < 1.29 is 19.2 Å². The number of hydrogen-bond donors (Lipinski definition) is 1. The van der Waals surface area contributed by atoms with Gasteiger partial charge in [-0.3, -0.25) is 24.1 Å². The highest BCUT2D eigenvalue weighted by Gasteiger charge is 2.30. The first-order valence-corrected chi connectivity index (χ1v) is 8.13. The lowest BCUT2D eigenvalue weighted by Crippen LogP contribution is -2.50. The van der Waals surface area contributed by atoms with Crippen LogP contribution in [0, 0.1) is 0 Å². The summed E-state index contributed by atoms with van der Waals surface area (Å²) in [6.07, 6.45) is 7.47. The Morgan fingerprint density at radius 3 is 2.43 bits per heavy atom. The van der Waals surface area contributed by atoms with Crippen molar-refractivity contribution >= 4 is 23.6 Å². The van der Waals surface area contributed by atoms with Crippen LogP contribution in [-0.4, -0.2) is 52.6 Å². The number of likely N-dealkylation sites (tertiary alicyclic amines) is 1. The minimum atomic E-state index is -0.470. The summed E-state index contributed by atoms with van der Waals surface area (Å²) >= 11 is 0. The Morgan fingerprint density at radius 1 is 1.09 bits per heavy atom. The van der Waals surface area contributed by atoms with Gasteiger partial charge in [-0.05, 0) is 32.1 Å². The molecule has 23 heavy (non-hydrogen) atoms. The molecule has 1 saturated heterocycles. The number of carbonyl (C=O) groups is 4. The fourth-order valence-electron chi connectivity index (χ4n) is 3.04. The molecule has 0 unspecified atom stereocenters. The van der Waals surface area contributed by atoms with E-state index in [4.69, 9.17) is 5.73 Å². The molecule has 1 fully saturated rings. The zero-order chi connectivity index (χ0) is 16.8. The maximum Gasteiger partial charge on any atom is 0.253 e. The average molecular weight is 321 g/mol. The molecule has 0 radical (unpaired) electrons. The fraction of sp³-hybridized carbons (Fsp3) is 0.625. The van der Waals surface area contributed by atoms with Gasteiger partial charge in [0.15, 0.2) is 0 Å². The molecule has 0 aromatic carbocycles. The van der Waals surface area contributed by atoms with Crippen LogP contribution >= 0.6 is 0 Å². The Morgan fingerprint density at radius 2 is 1.78 bits per heavy atom. The summed E-state index contributed by atoms with van der Waals surface area (Å²) in [5, 5.41) is 0. The molecule has 2 heterocycles. The van der Waals surface area contributed by atoms with Crippen molar-refractivity contribution in [1.82, 2.24) is 9.80 Å². The number of nitrogens with zero attached hydrogens (tertiary/aromatic N) is 2. The van der Waals surface area contributed by atoms with E-state index in [1.165, 1.54) is 17.1 Å². The van der Waals surface area contributed by atoms with Crippen molar-refractivity contribution in [3.8, 4) is 0 Å². The predicted molar refractivity (Wildman–Crippen MR) is 82.9 cm³/mol. The quantitative estimate of drug-likeness (QED) is 0.539. The first-order valence-electron chi connectivity index (χ1n) is 8.13. The van der Waals surface area contributed by atoms with Gasteiger partial charge in [-0.2, -0.15) is 0 Å². The van der Waals surface area contributed by atoms with E-state index in [0.717, 1.165) is 19.3 Å². The van der Waals surface area contributed by atoms with Crippen molar-refractivity contribution in [3.63, 3.8) is 0 Å². The Labute approximate surface area is 135 Å². The van der Waals surface area contributed by atoms with Crippen molar-refractivity contribution in [3.05, 3.63) is 12.2 Å². The average Bonchev–Trinajstić information content (AvgIpc) is 2.86. The number of amides is 4. The Hall–Kier alpha value is -2.18. The number of unbranched alkanes of at least 4 members (excludes halogenated alkanes) is 2. The molecule has 1 atom stereocenters. The van der Waals surface area contributed by atoms with Crippen LogP contribution in [0.2, 0.25) is 0 Å². The first kappa shape index (κ1) is 17.2. The van der Waals surface area contributed by atoms with E-state index < -0.39 is 11.9 Å². The van der Waals surface area contributed by atoms with E-state index in [1.807, 2.05) is 0 Å². The summed E-state index contributed by atoms with van der Waals surface area (Å²) in [5.74, 6) is -1.02. The zero-order valence-electron chi connectivity index (χ0n) is 13.2. The number of nitrogens with two attached hydrogens (primary N) is 1. The molecule has 4 amide bonds. The first-order chi connectivity index (χ1) is 11.0. The second kappa shape index (κ2) is 7.89. The minimum absolute atomic E-state index is 0.0384. The summed E-state index contributed by atoms with van der Waals surface area (Å²) in [6.45, 7) is 0.974. The molecule has 0 aliphatic carbocycles. The second-order valence-electron chi connectivity index (χ2n) is 5.97. The van der Waals surface area contributed by atoms with E-state index in [1.54, 1.807) is 4.90 Å². The van der Waals surface area contributed by atoms with Gasteiger partial charge in [0.25, 0.3) is 11.8 Å². The van der Waals surface area contributed by atoms with Gasteiger partial charge in [-0.25, -0.2) is 0 Å². The third kappa shape index (κ3) is 4.40. The summed E-state index contributed by atoms with van der Waals surface area (Å²) in [6, 6.07) is -0.470. The van der Waals surface area contributed by atoms with E-state index in [-0.39, 0.29) is 17.7 Å². The van der Waals surface area contributed by atoms with Gasteiger partial charge in [-0.1, -0.05) is 6.42 Å². The maximum atomic E-state index is 12.2. The molecule has 0 spiro atoms. The van der Waals surface area contributed by atoms with Gasteiger partial charge in [-0.15, -0.1) is 0 Å². The maximum absolute atomic E-state index is 12.2. The van der Waals surface area contributed by atoms with Crippen LogP contribution in [0.3, 0.4) is 0 Å². The van der Waals surface area contributed by atoms with Gasteiger partial charge in [0.05, 0.1) is 0 Å². The number of piperidine rings is 1. The molecular weight excluding hydrogens is 298 g/mol. The molecule has 2 N–H and O–H groups in total. The molecule has 0 bridgehead atoms. The zero-order valence-corrected chi connectivity index (χ0v) is 13.2. The second-order valence-corrected chi connectivity index (χ2v) is 5.97. The van der Waals surface area contributed by atoms with Crippen LogP contribution in [-0.2, 0) is 19.2 Å². The molecule has 0 aromatic rings. The summed E-state index contributed by atoms with van der Waals surface area (Å²) in [4.78, 5) is 49.2. The monoisotopic (exact) mass is 321 g/mol. The van der Waals surface area contributed by atoms with Crippen molar-refractivity contribution in [2.45, 2.75) is 51.0 Å². The number of primary amides is 1. The van der Waals surface area contributed by atoms with E-state index in [9.17, 15) is 19.2 Å². The third-order valence-corrected chi connectivity index (χ3v) is 4.32. The molecule has 0 saturated carbocycles. The molecule has 0 aromatic heterocycles. The third-order valence-electron chi connectivity index (χ3n) is 4.32. The van der Waals surface area contributed by atoms with Crippen LogP contribution in [0.15, 0.2) is 12.2 Å². The topological polar surface area (TPSA) is 101 Å². The summed E-state index contributed by atoms with van der Waals surface area (Å²) in [5.41, 5.74) is 5.36. The number of hydrogen-bond acceptors (Lipinski definition) is 4. The van der Waals surface area contributed by atoms with Crippen molar-refractivity contribution in [2.24, 2.45) is 5.73 Å². The Bertz CT molecular complexity index is 511. The van der Waals surface area contributed by atoms with Gasteiger partial charge in [0.1, 0.15) is 6.04 Å². The van der Waals surface area contributed by atoms with Crippen LogP contribution in [0.5, 0.6) is 0 Å². The number of rotatable bonds is 7. The minimum Gasteiger partial charge on any atom is -0.368 e. The lowest BCUT2D eigenvalue weighted by atomic mass is 10.0. The van der Waals surface area contributed by atoms with E-state index in [0.29, 0.717) is 38.8 Å². The normalized spacial score (nSPS) is 21.1. The molecule has 2 aliphatic heterocycles. The van der Waals surface area contributed by atoms with Crippen LogP contribution < -0.4 is 5.73 Å². The highest BCUT2D eigenvalue weighted by Crippen LogP contribution is 2.18. The highest BCUT2D eigenvalue weighted by atomic mass is 16.2. The molecule has 7 heteroatoms. The Kier molecular flexibility index (Phi) is 5.90. The van der Waals surface area contributed by atoms with Crippen molar-refractivity contribution in [1.29, 1.82) is 0 Å². The van der Waals surface area contributed by atoms with Gasteiger partial charge >= 0.3 is 0 Å². The molecule has 2 rings (SSSR count). The molecule has 7 nitrogen and oxygen atoms in total. The van der Waals surface area contributed by atoms with E-state index in [2.05, 4.69) is 0 Å². The van der Waals surface area contributed by atoms with Gasteiger partial charge in [0.2, 0.25) is 11.8 Å². The summed E-state index contributed by atoms with van der Waals surface area (Å²) < 4.78 is 0. The van der Waals surface area contributed by atoms with Crippen LogP contribution in [0.25, 0.3) is 0 Å². The standard InChI is InChI=1S/C16H23N3O4/c17-16(23)12-6-3-5-10-18(12)13(20)7-2-1-4-11-19-14(21)8-9-15(19)22/h8-9,12H,1-7,10-11H2,(H2,17,23)/t12-/m1/s1. The van der Waals surface area contributed by atoms with Crippen LogP contribution in [0.4, 0.5) is 0 Å². The van der Waals surface area contributed by atoms with Crippen LogP contribution in [0.1, 0.15) is 44.9 Å². The predicted octanol–water partition coefficient (Wildman–Crippen LogP) is 0.338. The SMILES string of the molecule is NC(=O)[C@H]1CCCCN1C(=O)CCCCCN1C(=O)C=CC1=O. The molecule has 126 valence electrons. The number of imide groups is 1. The smallest absolute Gasteiger partial charge is 0.253 e. The molecule has 2 aliphatic rings. The molecular formula is C16H23N3O4. The largest absolute Gasteiger partial charge is 0.368 e. The Balaban J connectivity index is 1.67. The lowest BCUT2D eigenvalue weighted by Gasteiger charge is -2.33. The lowest BCUT2D eigenvalue weighted by molar-refractivity contribution is -0.141. The summed E-state index contributed by atoms with van der Waals surface area (Å²) in [7, 11) is 0. The highest BCUT2D eigenvalue weighted by molar-refractivity contribution is 6.12.